The summed E-state index contributed by atoms with van der Waals surface area (Å²) in [5.41, 5.74) is 2.47. The van der Waals surface area contributed by atoms with Crippen LogP contribution in [-0.4, -0.2) is 10.1 Å². The van der Waals surface area contributed by atoms with Crippen LogP contribution in [0.25, 0.3) is 0 Å². The lowest BCUT2D eigenvalue weighted by Crippen LogP contribution is -2.13. The van der Waals surface area contributed by atoms with E-state index in [9.17, 15) is 0 Å². The third kappa shape index (κ3) is 3.38. The second-order valence-corrected chi connectivity index (χ2v) is 4.78. The second-order valence-electron chi connectivity index (χ2n) is 3.92. The Morgan fingerprint density at radius 3 is 2.76 bits per heavy atom. The summed E-state index contributed by atoms with van der Waals surface area (Å²) in [6, 6.07) is 6.29. The van der Waals surface area contributed by atoms with Crippen molar-refractivity contribution in [3.63, 3.8) is 0 Å². The molecule has 1 heterocycles. The molecule has 0 fully saturated rings. The van der Waals surface area contributed by atoms with Crippen LogP contribution in [-0.2, 0) is 13.1 Å². The minimum Gasteiger partial charge on any atom is -0.338 e. The molecule has 1 aromatic carbocycles. The largest absolute Gasteiger partial charge is 0.338 e. The zero-order valence-electron chi connectivity index (χ0n) is 9.83. The highest BCUT2D eigenvalue weighted by Crippen LogP contribution is 2.16. The molecule has 0 atom stereocenters. The van der Waals surface area contributed by atoms with Gasteiger partial charge in [0, 0.05) is 11.0 Å². The minimum absolute atomic E-state index is 0.593. The highest BCUT2D eigenvalue weighted by atomic mass is 79.9. The summed E-state index contributed by atoms with van der Waals surface area (Å²) in [6.07, 6.45) is 0. The molecule has 17 heavy (non-hydrogen) atoms. The molecule has 1 N–H and O–H groups in total. The van der Waals surface area contributed by atoms with Gasteiger partial charge in [0.2, 0.25) is 5.89 Å². The van der Waals surface area contributed by atoms with E-state index in [4.69, 9.17) is 4.52 Å². The zero-order chi connectivity index (χ0) is 12.3. The third-order valence-corrected chi connectivity index (χ3v) is 3.29. The Hall–Kier alpha value is -1.20. The molecule has 5 heteroatoms. The van der Waals surface area contributed by atoms with Crippen LogP contribution in [0.5, 0.6) is 0 Å². The maximum Gasteiger partial charge on any atom is 0.240 e. The molecule has 0 aliphatic heterocycles. The standard InChI is InChI=1S/C12H14BrN3O/c1-8-5-10(3-4-11(8)13)6-14-7-12-15-9(2)16-17-12/h3-5,14H,6-7H2,1-2H3. The summed E-state index contributed by atoms with van der Waals surface area (Å²) in [6.45, 7) is 5.27. The molecule has 0 bridgehead atoms. The van der Waals surface area contributed by atoms with Crippen LogP contribution in [0.3, 0.4) is 0 Å². The van der Waals surface area contributed by atoms with E-state index in [1.54, 1.807) is 0 Å². The highest BCUT2D eigenvalue weighted by molar-refractivity contribution is 9.10. The number of hydrogen-bond acceptors (Lipinski definition) is 4. The topological polar surface area (TPSA) is 51.0 Å². The number of hydrogen-bond donors (Lipinski definition) is 1. The summed E-state index contributed by atoms with van der Waals surface area (Å²) in [5.74, 6) is 1.29. The average molecular weight is 296 g/mol. The van der Waals surface area contributed by atoms with Crippen molar-refractivity contribution in [2.45, 2.75) is 26.9 Å². The summed E-state index contributed by atoms with van der Waals surface area (Å²) >= 11 is 3.48. The van der Waals surface area contributed by atoms with E-state index in [-0.39, 0.29) is 0 Å². The van der Waals surface area contributed by atoms with Crippen LogP contribution in [0, 0.1) is 13.8 Å². The Balaban J connectivity index is 1.87. The number of nitrogens with zero attached hydrogens (tertiary/aromatic N) is 2. The SMILES string of the molecule is Cc1noc(CNCc2ccc(Br)c(C)c2)n1. The molecule has 0 aliphatic rings. The summed E-state index contributed by atoms with van der Waals surface area (Å²) in [7, 11) is 0. The molecule has 2 rings (SSSR count). The van der Waals surface area contributed by atoms with Gasteiger partial charge in [-0.2, -0.15) is 4.98 Å². The Labute approximate surface area is 109 Å². The van der Waals surface area contributed by atoms with Crippen molar-refractivity contribution in [2.75, 3.05) is 0 Å². The first-order valence-corrected chi connectivity index (χ1v) is 6.19. The lowest BCUT2D eigenvalue weighted by Gasteiger charge is -2.04. The van der Waals surface area contributed by atoms with Crippen LogP contribution in [0.4, 0.5) is 0 Å². The van der Waals surface area contributed by atoms with Gasteiger partial charge < -0.3 is 9.84 Å². The fourth-order valence-electron chi connectivity index (χ4n) is 1.54. The van der Waals surface area contributed by atoms with Crippen LogP contribution < -0.4 is 5.32 Å². The Kier molecular flexibility index (Phi) is 3.91. The van der Waals surface area contributed by atoms with Crippen molar-refractivity contribution in [2.24, 2.45) is 0 Å². The molecule has 2 aromatic rings. The number of halogens is 1. The van der Waals surface area contributed by atoms with Gasteiger partial charge in [-0.25, -0.2) is 0 Å². The maximum absolute atomic E-state index is 5.01. The normalized spacial score (nSPS) is 10.8. The van der Waals surface area contributed by atoms with E-state index in [2.05, 4.69) is 56.5 Å². The lowest BCUT2D eigenvalue weighted by molar-refractivity contribution is 0.364. The predicted octanol–water partition coefficient (Wildman–Crippen LogP) is 2.74. The Morgan fingerprint density at radius 2 is 2.12 bits per heavy atom. The van der Waals surface area contributed by atoms with Crippen LogP contribution in [0.2, 0.25) is 0 Å². The Morgan fingerprint density at radius 1 is 1.29 bits per heavy atom. The maximum atomic E-state index is 5.01. The summed E-state index contributed by atoms with van der Waals surface area (Å²) < 4.78 is 6.15. The Bertz CT molecular complexity index is 510. The molecule has 0 radical (unpaired) electrons. The smallest absolute Gasteiger partial charge is 0.240 e. The van der Waals surface area contributed by atoms with Crippen LogP contribution in [0.15, 0.2) is 27.2 Å². The molecule has 1 aromatic heterocycles. The number of aryl methyl sites for hydroxylation is 2. The predicted molar refractivity (Wildman–Crippen MR) is 68.5 cm³/mol. The van der Waals surface area contributed by atoms with Gasteiger partial charge in [0.25, 0.3) is 0 Å². The van der Waals surface area contributed by atoms with Gasteiger partial charge in [-0.3, -0.25) is 0 Å². The van der Waals surface area contributed by atoms with Crippen LogP contribution >= 0.6 is 15.9 Å². The van der Waals surface area contributed by atoms with Crippen LogP contribution in [0.1, 0.15) is 22.8 Å². The van der Waals surface area contributed by atoms with Crippen molar-refractivity contribution < 1.29 is 4.52 Å². The van der Waals surface area contributed by atoms with E-state index >= 15 is 0 Å². The van der Waals surface area contributed by atoms with E-state index in [1.165, 1.54) is 11.1 Å². The van der Waals surface area contributed by atoms with Gasteiger partial charge in [0.05, 0.1) is 6.54 Å². The van der Waals surface area contributed by atoms with Gasteiger partial charge >= 0.3 is 0 Å². The molecular formula is C12H14BrN3O. The van der Waals surface area contributed by atoms with Crippen molar-refractivity contribution >= 4 is 15.9 Å². The van der Waals surface area contributed by atoms with Gasteiger partial charge in [-0.05, 0) is 31.0 Å². The summed E-state index contributed by atoms with van der Waals surface area (Å²) in [4.78, 5) is 4.13. The number of nitrogens with one attached hydrogen (secondary N) is 1. The monoisotopic (exact) mass is 295 g/mol. The molecule has 4 nitrogen and oxygen atoms in total. The van der Waals surface area contributed by atoms with Gasteiger partial charge in [-0.15, -0.1) is 0 Å². The molecular weight excluding hydrogens is 282 g/mol. The molecule has 90 valence electrons. The van der Waals surface area contributed by atoms with Crippen molar-refractivity contribution in [1.82, 2.24) is 15.5 Å². The molecule has 0 spiro atoms. The number of aromatic nitrogens is 2. The van der Waals surface area contributed by atoms with Gasteiger partial charge in [0.15, 0.2) is 5.82 Å². The fourth-order valence-corrected chi connectivity index (χ4v) is 1.79. The van der Waals surface area contributed by atoms with Crippen molar-refractivity contribution in [3.05, 3.63) is 45.5 Å². The van der Waals surface area contributed by atoms with E-state index in [0.717, 1.165) is 11.0 Å². The molecule has 0 aliphatic carbocycles. The first kappa shape index (κ1) is 12.3. The van der Waals surface area contributed by atoms with Crippen molar-refractivity contribution in [1.29, 1.82) is 0 Å². The molecule has 0 amide bonds. The second kappa shape index (κ2) is 5.42. The van der Waals surface area contributed by atoms with Gasteiger partial charge in [-0.1, -0.05) is 33.2 Å². The average Bonchev–Trinajstić information content (AvgIpc) is 2.70. The minimum atomic E-state index is 0.593. The summed E-state index contributed by atoms with van der Waals surface area (Å²) in [5, 5.41) is 7.00. The third-order valence-electron chi connectivity index (χ3n) is 2.40. The van der Waals surface area contributed by atoms with Gasteiger partial charge in [0.1, 0.15) is 0 Å². The zero-order valence-corrected chi connectivity index (χ0v) is 11.4. The number of benzene rings is 1. The molecule has 0 saturated carbocycles. The first-order valence-electron chi connectivity index (χ1n) is 5.40. The van der Waals surface area contributed by atoms with E-state index < -0.39 is 0 Å². The fraction of sp³-hybridized carbons (Fsp3) is 0.333. The number of rotatable bonds is 4. The quantitative estimate of drug-likeness (QED) is 0.942. The van der Waals surface area contributed by atoms with E-state index in [1.807, 2.05) is 6.92 Å². The van der Waals surface area contributed by atoms with Crippen molar-refractivity contribution in [3.8, 4) is 0 Å². The van der Waals surface area contributed by atoms with E-state index in [0.29, 0.717) is 18.3 Å². The first-order chi connectivity index (χ1) is 8.15. The molecule has 0 saturated heterocycles. The lowest BCUT2D eigenvalue weighted by atomic mass is 10.1. The molecule has 0 unspecified atom stereocenters. The highest BCUT2D eigenvalue weighted by Gasteiger charge is 2.02.